The molecule has 6 nitrogen and oxygen atoms in total. The summed E-state index contributed by atoms with van der Waals surface area (Å²) >= 11 is 6.09. The van der Waals surface area contributed by atoms with Crippen LogP contribution in [0.2, 0.25) is 5.02 Å². The van der Waals surface area contributed by atoms with Gasteiger partial charge in [-0.25, -0.2) is 0 Å². The summed E-state index contributed by atoms with van der Waals surface area (Å²) in [7, 11) is 0. The standard InChI is InChI=1S/C19H22ClN5O/c20-15-4-3-5-16(14-15)23-10-12-24(13-11-23)18-7-6-17(21-22-18)19(26)25-8-1-2-9-25/h3-7,14H,1-2,8-13H2. The number of piperazine rings is 1. The van der Waals surface area contributed by atoms with E-state index in [0.29, 0.717) is 5.69 Å². The van der Waals surface area contributed by atoms with Crippen molar-refractivity contribution in [1.82, 2.24) is 15.1 Å². The fourth-order valence-electron chi connectivity index (χ4n) is 3.56. The minimum atomic E-state index is -0.00711. The van der Waals surface area contributed by atoms with Gasteiger partial charge in [0, 0.05) is 50.0 Å². The molecule has 2 aliphatic heterocycles. The molecule has 4 rings (SSSR count). The van der Waals surface area contributed by atoms with Crippen LogP contribution in [-0.4, -0.2) is 60.3 Å². The van der Waals surface area contributed by atoms with Crippen molar-refractivity contribution in [3.05, 3.63) is 47.1 Å². The first-order chi connectivity index (χ1) is 12.7. The fraction of sp³-hybridized carbons (Fsp3) is 0.421. The van der Waals surface area contributed by atoms with E-state index in [1.807, 2.05) is 29.2 Å². The normalized spacial score (nSPS) is 17.7. The average Bonchev–Trinajstić information content (AvgIpc) is 3.23. The number of aromatic nitrogens is 2. The van der Waals surface area contributed by atoms with E-state index < -0.39 is 0 Å². The number of hydrogen-bond donors (Lipinski definition) is 0. The zero-order chi connectivity index (χ0) is 17.9. The van der Waals surface area contributed by atoms with Crippen LogP contribution < -0.4 is 9.80 Å². The quantitative estimate of drug-likeness (QED) is 0.830. The highest BCUT2D eigenvalue weighted by atomic mass is 35.5. The third-order valence-electron chi connectivity index (χ3n) is 5.04. The molecule has 0 radical (unpaired) electrons. The first-order valence-electron chi connectivity index (χ1n) is 9.09. The molecule has 0 saturated carbocycles. The molecule has 7 heteroatoms. The van der Waals surface area contributed by atoms with Gasteiger partial charge in [0.05, 0.1) is 0 Å². The van der Waals surface area contributed by atoms with Gasteiger partial charge in [0.25, 0.3) is 5.91 Å². The lowest BCUT2D eigenvalue weighted by Gasteiger charge is -2.36. The smallest absolute Gasteiger partial charge is 0.274 e. The molecular weight excluding hydrogens is 350 g/mol. The molecule has 26 heavy (non-hydrogen) atoms. The summed E-state index contributed by atoms with van der Waals surface area (Å²) in [5, 5.41) is 9.23. The largest absolute Gasteiger partial charge is 0.368 e. The second-order valence-electron chi connectivity index (χ2n) is 6.73. The second kappa shape index (κ2) is 7.50. The lowest BCUT2D eigenvalue weighted by molar-refractivity contribution is 0.0786. The number of benzene rings is 1. The van der Waals surface area contributed by atoms with Gasteiger partial charge in [0.15, 0.2) is 11.5 Å². The summed E-state index contributed by atoms with van der Waals surface area (Å²) in [4.78, 5) is 18.7. The number of carbonyl (C=O) groups is 1. The van der Waals surface area contributed by atoms with Crippen molar-refractivity contribution in [1.29, 1.82) is 0 Å². The topological polar surface area (TPSA) is 52.6 Å². The molecule has 136 valence electrons. The van der Waals surface area contributed by atoms with Crippen molar-refractivity contribution in [2.75, 3.05) is 49.1 Å². The average molecular weight is 372 g/mol. The molecule has 0 spiro atoms. The Bertz CT molecular complexity index is 768. The number of amides is 1. The third kappa shape index (κ3) is 3.60. The van der Waals surface area contributed by atoms with Crippen molar-refractivity contribution in [2.45, 2.75) is 12.8 Å². The van der Waals surface area contributed by atoms with Gasteiger partial charge in [-0.05, 0) is 43.2 Å². The third-order valence-corrected chi connectivity index (χ3v) is 5.27. The molecule has 2 fully saturated rings. The number of halogens is 1. The molecule has 1 aromatic heterocycles. The van der Waals surface area contributed by atoms with Crippen LogP contribution in [0.25, 0.3) is 0 Å². The maximum Gasteiger partial charge on any atom is 0.274 e. The second-order valence-corrected chi connectivity index (χ2v) is 7.17. The Hall–Kier alpha value is -2.34. The number of nitrogens with zero attached hydrogens (tertiary/aromatic N) is 5. The summed E-state index contributed by atoms with van der Waals surface area (Å²) in [6.07, 6.45) is 2.16. The van der Waals surface area contributed by atoms with Gasteiger partial charge < -0.3 is 14.7 Å². The number of likely N-dealkylation sites (tertiary alicyclic amines) is 1. The summed E-state index contributed by atoms with van der Waals surface area (Å²) in [5.41, 5.74) is 1.59. The van der Waals surface area contributed by atoms with E-state index in [-0.39, 0.29) is 5.91 Å². The van der Waals surface area contributed by atoms with Gasteiger partial charge in [0.2, 0.25) is 0 Å². The molecule has 1 amide bonds. The molecule has 3 heterocycles. The first-order valence-corrected chi connectivity index (χ1v) is 9.47. The van der Waals surface area contributed by atoms with E-state index in [4.69, 9.17) is 11.6 Å². The van der Waals surface area contributed by atoms with Crippen LogP contribution in [0.1, 0.15) is 23.3 Å². The Balaban J connectivity index is 1.37. The monoisotopic (exact) mass is 371 g/mol. The Kier molecular flexibility index (Phi) is 4.93. The number of hydrogen-bond acceptors (Lipinski definition) is 5. The first kappa shape index (κ1) is 17.1. The van der Waals surface area contributed by atoms with Crippen LogP contribution >= 0.6 is 11.6 Å². The number of rotatable bonds is 3. The molecule has 0 aliphatic carbocycles. The number of carbonyl (C=O) groups excluding carboxylic acids is 1. The maximum absolute atomic E-state index is 12.4. The highest BCUT2D eigenvalue weighted by Gasteiger charge is 2.22. The van der Waals surface area contributed by atoms with Gasteiger partial charge in [-0.3, -0.25) is 4.79 Å². The van der Waals surface area contributed by atoms with Gasteiger partial charge in [0.1, 0.15) is 0 Å². The minimum Gasteiger partial charge on any atom is -0.368 e. The predicted octanol–water partition coefficient (Wildman–Crippen LogP) is 2.69. The SMILES string of the molecule is O=C(c1ccc(N2CCN(c3cccc(Cl)c3)CC2)nn1)N1CCCC1. The van der Waals surface area contributed by atoms with Crippen molar-refractivity contribution in [2.24, 2.45) is 0 Å². The molecule has 0 N–H and O–H groups in total. The van der Waals surface area contributed by atoms with Crippen molar-refractivity contribution < 1.29 is 4.79 Å². The van der Waals surface area contributed by atoms with Crippen LogP contribution in [0.5, 0.6) is 0 Å². The maximum atomic E-state index is 12.4. The van der Waals surface area contributed by atoms with Crippen LogP contribution in [0.3, 0.4) is 0 Å². The van der Waals surface area contributed by atoms with E-state index in [1.165, 1.54) is 0 Å². The Labute approximate surface area is 158 Å². The van der Waals surface area contributed by atoms with E-state index in [0.717, 1.165) is 68.6 Å². The van der Waals surface area contributed by atoms with Crippen molar-refractivity contribution in [3.8, 4) is 0 Å². The Morgan fingerprint density at radius 3 is 2.27 bits per heavy atom. The zero-order valence-electron chi connectivity index (χ0n) is 14.6. The lowest BCUT2D eigenvalue weighted by atomic mass is 10.2. The molecule has 2 saturated heterocycles. The summed E-state index contributed by atoms with van der Waals surface area (Å²) < 4.78 is 0. The van der Waals surface area contributed by atoms with Gasteiger partial charge in [-0.1, -0.05) is 17.7 Å². The molecule has 0 bridgehead atoms. The summed E-state index contributed by atoms with van der Waals surface area (Å²) in [5.74, 6) is 0.820. The van der Waals surface area contributed by atoms with Gasteiger partial charge >= 0.3 is 0 Å². The van der Waals surface area contributed by atoms with E-state index in [2.05, 4.69) is 26.1 Å². The lowest BCUT2D eigenvalue weighted by Crippen LogP contribution is -2.47. The molecule has 2 aromatic rings. The van der Waals surface area contributed by atoms with Crippen molar-refractivity contribution in [3.63, 3.8) is 0 Å². The Morgan fingerprint density at radius 1 is 0.885 bits per heavy atom. The summed E-state index contributed by atoms with van der Waals surface area (Å²) in [6.45, 7) is 5.18. The molecule has 2 aliphatic rings. The zero-order valence-corrected chi connectivity index (χ0v) is 15.4. The van der Waals surface area contributed by atoms with E-state index >= 15 is 0 Å². The molecular formula is C19H22ClN5O. The highest BCUT2D eigenvalue weighted by Crippen LogP contribution is 2.22. The Morgan fingerprint density at radius 2 is 1.62 bits per heavy atom. The van der Waals surface area contributed by atoms with Crippen LogP contribution in [0.4, 0.5) is 11.5 Å². The summed E-state index contributed by atoms with van der Waals surface area (Å²) in [6, 6.07) is 11.7. The van der Waals surface area contributed by atoms with Crippen LogP contribution in [-0.2, 0) is 0 Å². The minimum absolute atomic E-state index is 0.00711. The van der Waals surface area contributed by atoms with Crippen LogP contribution in [0.15, 0.2) is 36.4 Å². The van der Waals surface area contributed by atoms with Crippen molar-refractivity contribution >= 4 is 29.0 Å². The van der Waals surface area contributed by atoms with E-state index in [9.17, 15) is 4.79 Å². The van der Waals surface area contributed by atoms with Crippen LogP contribution in [0, 0.1) is 0 Å². The molecule has 0 atom stereocenters. The molecule has 0 unspecified atom stereocenters. The van der Waals surface area contributed by atoms with Gasteiger partial charge in [-0.15, -0.1) is 10.2 Å². The fourth-order valence-corrected chi connectivity index (χ4v) is 3.74. The van der Waals surface area contributed by atoms with E-state index in [1.54, 1.807) is 6.07 Å². The number of anilines is 2. The predicted molar refractivity (Wildman–Crippen MR) is 103 cm³/mol. The molecule has 1 aromatic carbocycles. The van der Waals surface area contributed by atoms with Gasteiger partial charge in [-0.2, -0.15) is 0 Å². The highest BCUT2D eigenvalue weighted by molar-refractivity contribution is 6.30.